The van der Waals surface area contributed by atoms with Gasteiger partial charge in [0, 0.05) is 13.1 Å². The molecule has 12 heteroatoms. The van der Waals surface area contributed by atoms with Gasteiger partial charge in [0.2, 0.25) is 17.7 Å². The fourth-order valence-corrected chi connectivity index (χ4v) is 5.00. The molecule has 0 aliphatic carbocycles. The Balaban J connectivity index is 2.05. The van der Waals surface area contributed by atoms with Crippen molar-refractivity contribution in [2.24, 2.45) is 22.6 Å². The molecule has 4 amide bonds. The Bertz CT molecular complexity index is 1300. The average molecular weight is 667 g/mol. The van der Waals surface area contributed by atoms with Gasteiger partial charge in [-0.1, -0.05) is 88.4 Å². The lowest BCUT2D eigenvalue weighted by Gasteiger charge is -2.30. The third-order valence-electron chi connectivity index (χ3n) is 7.57. The number of amides is 4. The number of aliphatic hydroxyl groups is 1. The van der Waals surface area contributed by atoms with Crippen molar-refractivity contribution in [1.82, 2.24) is 21.3 Å². The molecule has 0 radical (unpaired) electrons. The van der Waals surface area contributed by atoms with Crippen LogP contribution in [0.2, 0.25) is 0 Å². The van der Waals surface area contributed by atoms with Gasteiger partial charge in [-0.15, -0.1) is 0 Å². The van der Waals surface area contributed by atoms with E-state index in [2.05, 4.69) is 26.3 Å². The van der Waals surface area contributed by atoms with Crippen LogP contribution in [0.15, 0.2) is 65.7 Å². The molecule has 0 aromatic heterocycles. The van der Waals surface area contributed by atoms with Gasteiger partial charge < -0.3 is 36.8 Å². The summed E-state index contributed by atoms with van der Waals surface area (Å²) in [7, 11) is 0. The van der Waals surface area contributed by atoms with Crippen molar-refractivity contribution in [3.05, 3.63) is 71.8 Å². The molecule has 264 valence electrons. The number of hydrogen-bond donors (Lipinski definition) is 6. The number of hydrogen-bond acceptors (Lipinski definition) is 7. The van der Waals surface area contributed by atoms with Crippen LogP contribution >= 0.6 is 0 Å². The molecule has 2 rings (SSSR count). The van der Waals surface area contributed by atoms with Crippen molar-refractivity contribution in [2.45, 2.75) is 97.6 Å². The lowest BCUT2D eigenvalue weighted by Crippen LogP contribution is -2.58. The molecule has 2 aromatic carbocycles. The monoisotopic (exact) mass is 666 g/mol. The summed E-state index contributed by atoms with van der Waals surface area (Å²) in [5.41, 5.74) is 7.52. The maximum absolute atomic E-state index is 13.6. The van der Waals surface area contributed by atoms with Crippen molar-refractivity contribution >= 4 is 29.7 Å². The van der Waals surface area contributed by atoms with Crippen molar-refractivity contribution in [3.63, 3.8) is 0 Å². The Morgan fingerprint density at radius 3 is 2.08 bits per heavy atom. The maximum Gasteiger partial charge on any atom is 0.408 e. The lowest BCUT2D eigenvalue weighted by atomic mass is 9.95. The molecule has 12 nitrogen and oxygen atoms in total. The van der Waals surface area contributed by atoms with E-state index in [1.807, 2.05) is 74.5 Å². The molecule has 0 saturated heterocycles. The highest BCUT2D eigenvalue weighted by molar-refractivity contribution is 5.91. The number of carbonyl (C=O) groups excluding carboxylic acids is 4. The largest absolute Gasteiger partial charge is 0.445 e. The SMILES string of the molecule is CC(N)=NCCC[C@H](NC(=O)OCc1ccccc1)C(=O)N[C@H](C(=O)N[C@@H](CC(C)C)[C@@H](O)CC(=O)NCCc1ccccc1)C(C)C. The number of ether oxygens (including phenoxy) is 1. The summed E-state index contributed by atoms with van der Waals surface area (Å²) in [6.07, 6.45) is -0.356. The van der Waals surface area contributed by atoms with E-state index in [4.69, 9.17) is 10.5 Å². The number of carbonyl (C=O) groups is 4. The predicted molar refractivity (Wildman–Crippen MR) is 187 cm³/mol. The minimum atomic E-state index is -1.14. The van der Waals surface area contributed by atoms with Crippen molar-refractivity contribution in [2.75, 3.05) is 13.1 Å². The Morgan fingerprint density at radius 1 is 0.875 bits per heavy atom. The van der Waals surface area contributed by atoms with E-state index >= 15 is 0 Å². The Hall–Kier alpha value is -4.45. The molecular weight excluding hydrogens is 612 g/mol. The van der Waals surface area contributed by atoms with Crippen LogP contribution in [0.3, 0.4) is 0 Å². The number of nitrogens with one attached hydrogen (secondary N) is 4. The van der Waals surface area contributed by atoms with Gasteiger partial charge in [0.05, 0.1) is 24.4 Å². The molecule has 7 N–H and O–H groups in total. The van der Waals surface area contributed by atoms with E-state index in [1.54, 1.807) is 20.8 Å². The van der Waals surface area contributed by atoms with Gasteiger partial charge in [-0.05, 0) is 55.6 Å². The first-order chi connectivity index (χ1) is 22.8. The molecule has 4 atom stereocenters. The summed E-state index contributed by atoms with van der Waals surface area (Å²) in [6.45, 7) is 9.95. The number of alkyl carbamates (subject to hydrolysis) is 1. The molecule has 2 aromatic rings. The zero-order valence-corrected chi connectivity index (χ0v) is 28.9. The maximum atomic E-state index is 13.6. The molecule has 48 heavy (non-hydrogen) atoms. The van der Waals surface area contributed by atoms with Crippen LogP contribution in [0.25, 0.3) is 0 Å². The first-order valence-electron chi connectivity index (χ1n) is 16.7. The molecule has 0 fully saturated rings. The first-order valence-corrected chi connectivity index (χ1v) is 16.7. The van der Waals surface area contributed by atoms with Crippen molar-refractivity contribution < 1.29 is 29.0 Å². The Morgan fingerprint density at radius 2 is 1.50 bits per heavy atom. The van der Waals surface area contributed by atoms with Crippen molar-refractivity contribution in [1.29, 1.82) is 0 Å². The van der Waals surface area contributed by atoms with Gasteiger partial charge in [0.25, 0.3) is 0 Å². The quantitative estimate of drug-likeness (QED) is 0.0712. The van der Waals surface area contributed by atoms with Crippen LogP contribution in [0.4, 0.5) is 4.79 Å². The normalized spacial score (nSPS) is 14.0. The van der Waals surface area contributed by atoms with Gasteiger partial charge in [0.15, 0.2) is 0 Å². The molecule has 0 aliphatic heterocycles. The zero-order chi connectivity index (χ0) is 35.5. The third kappa shape index (κ3) is 15.9. The lowest BCUT2D eigenvalue weighted by molar-refractivity contribution is -0.132. The van der Waals surface area contributed by atoms with Gasteiger partial charge in [0.1, 0.15) is 18.7 Å². The van der Waals surface area contributed by atoms with E-state index < -0.39 is 42.1 Å². The summed E-state index contributed by atoms with van der Waals surface area (Å²) < 4.78 is 5.33. The van der Waals surface area contributed by atoms with Gasteiger partial charge in [-0.25, -0.2) is 4.79 Å². The smallest absolute Gasteiger partial charge is 0.408 e. The van der Waals surface area contributed by atoms with Crippen LogP contribution in [0, 0.1) is 11.8 Å². The van der Waals surface area contributed by atoms with Crippen LogP contribution in [0.1, 0.15) is 71.4 Å². The number of aliphatic hydroxyl groups excluding tert-OH is 1. The molecule has 0 heterocycles. The molecule has 0 aliphatic rings. The van der Waals surface area contributed by atoms with E-state index in [1.165, 1.54) is 0 Å². The van der Waals surface area contributed by atoms with E-state index in [0.717, 1.165) is 11.1 Å². The zero-order valence-electron chi connectivity index (χ0n) is 28.9. The number of nitrogens with two attached hydrogens (primary N) is 1. The fourth-order valence-electron chi connectivity index (χ4n) is 5.00. The molecule has 0 bridgehead atoms. The summed E-state index contributed by atoms with van der Waals surface area (Å²) in [6, 6.07) is 16.2. The Kier molecular flexibility index (Phi) is 17.7. The van der Waals surface area contributed by atoms with Gasteiger partial charge >= 0.3 is 6.09 Å². The minimum Gasteiger partial charge on any atom is -0.445 e. The molecular formula is C36H54N6O6. The number of benzene rings is 2. The van der Waals surface area contributed by atoms with Crippen molar-refractivity contribution in [3.8, 4) is 0 Å². The first kappa shape index (κ1) is 39.7. The second-order valence-corrected chi connectivity index (χ2v) is 12.8. The highest BCUT2D eigenvalue weighted by atomic mass is 16.5. The highest BCUT2D eigenvalue weighted by Gasteiger charge is 2.32. The third-order valence-corrected chi connectivity index (χ3v) is 7.57. The molecule has 0 unspecified atom stereocenters. The Labute approximate surface area is 284 Å². The molecule has 0 spiro atoms. The summed E-state index contributed by atoms with van der Waals surface area (Å²) >= 11 is 0. The number of aliphatic imine (C=N–C) groups is 1. The number of rotatable bonds is 20. The predicted octanol–water partition coefficient (Wildman–Crippen LogP) is 3.22. The van der Waals surface area contributed by atoms with E-state index in [-0.39, 0.29) is 37.2 Å². The van der Waals surface area contributed by atoms with Crippen LogP contribution in [-0.2, 0) is 32.1 Å². The van der Waals surface area contributed by atoms with E-state index in [0.29, 0.717) is 38.2 Å². The van der Waals surface area contributed by atoms with Crippen LogP contribution in [0.5, 0.6) is 0 Å². The second kappa shape index (κ2) is 21.4. The summed E-state index contributed by atoms with van der Waals surface area (Å²) in [5.74, 6) is -1.20. The second-order valence-electron chi connectivity index (χ2n) is 12.8. The van der Waals surface area contributed by atoms with Gasteiger partial charge in [-0.2, -0.15) is 0 Å². The average Bonchev–Trinajstić information content (AvgIpc) is 3.04. The van der Waals surface area contributed by atoms with Gasteiger partial charge in [-0.3, -0.25) is 19.4 Å². The van der Waals surface area contributed by atoms with Crippen LogP contribution in [-0.4, -0.2) is 72.1 Å². The van der Waals surface area contributed by atoms with Crippen LogP contribution < -0.4 is 27.0 Å². The standard InChI is InChI=1S/C36H54N6O6/c1-24(2)21-30(31(43)22-32(44)39-20-18-27-13-8-6-9-14-27)40-35(46)33(25(3)4)42-34(45)29(17-12-19-38-26(5)37)41-36(47)48-23-28-15-10-7-11-16-28/h6-11,13-16,24-25,29-31,33,43H,12,17-23H2,1-5H3,(H2,37,38)(H,39,44)(H,40,46)(H,41,47)(H,42,45)/t29-,30-,31-,33-/m0/s1. The summed E-state index contributed by atoms with van der Waals surface area (Å²) in [5, 5.41) is 22.2. The highest BCUT2D eigenvalue weighted by Crippen LogP contribution is 2.14. The number of nitrogens with zero attached hydrogens (tertiary/aromatic N) is 1. The topological polar surface area (TPSA) is 184 Å². The fraction of sp³-hybridized carbons (Fsp3) is 0.528. The van der Waals surface area contributed by atoms with E-state index in [9.17, 15) is 24.3 Å². The minimum absolute atomic E-state index is 0.0271. The molecule has 0 saturated carbocycles. The summed E-state index contributed by atoms with van der Waals surface area (Å²) in [4.78, 5) is 56.6. The number of amidine groups is 1.